The molecular formula is C17H19NO2. The second kappa shape index (κ2) is 5.17. The summed E-state index contributed by atoms with van der Waals surface area (Å²) >= 11 is 0. The van der Waals surface area contributed by atoms with Crippen LogP contribution < -0.4 is 15.2 Å². The third kappa shape index (κ3) is 2.14. The van der Waals surface area contributed by atoms with Crippen molar-refractivity contribution in [1.82, 2.24) is 0 Å². The normalized spacial score (nSPS) is 18.2. The Bertz CT molecular complexity index is 624. The molecule has 3 rings (SSSR count). The Hall–Kier alpha value is -2.00. The molecule has 1 aliphatic rings. The van der Waals surface area contributed by atoms with E-state index in [9.17, 15) is 0 Å². The number of rotatable bonds is 3. The first-order chi connectivity index (χ1) is 9.70. The van der Waals surface area contributed by atoms with Crippen LogP contribution in [0.25, 0.3) is 0 Å². The van der Waals surface area contributed by atoms with E-state index in [4.69, 9.17) is 15.2 Å². The lowest BCUT2D eigenvalue weighted by atomic mass is 9.87. The summed E-state index contributed by atoms with van der Waals surface area (Å²) < 4.78 is 11.0. The molecule has 2 aromatic carbocycles. The highest BCUT2D eigenvalue weighted by molar-refractivity contribution is 5.44. The van der Waals surface area contributed by atoms with Gasteiger partial charge in [0, 0.05) is 17.5 Å². The second-order valence-corrected chi connectivity index (χ2v) is 5.20. The average molecular weight is 269 g/mol. The third-order valence-corrected chi connectivity index (χ3v) is 4.01. The monoisotopic (exact) mass is 269 g/mol. The highest BCUT2D eigenvalue weighted by Gasteiger charge is 2.30. The van der Waals surface area contributed by atoms with E-state index in [-0.39, 0.29) is 12.0 Å². The van der Waals surface area contributed by atoms with Gasteiger partial charge in [-0.1, -0.05) is 24.3 Å². The minimum absolute atomic E-state index is 0.0652. The molecule has 20 heavy (non-hydrogen) atoms. The van der Waals surface area contributed by atoms with Crippen LogP contribution in [0.1, 0.15) is 28.7 Å². The molecule has 1 heterocycles. The molecule has 104 valence electrons. The summed E-state index contributed by atoms with van der Waals surface area (Å²) in [6.07, 6.45) is 0. The molecule has 1 aliphatic heterocycles. The number of fused-ring (bicyclic) bond motifs is 1. The first-order valence-electron chi connectivity index (χ1n) is 6.82. The summed E-state index contributed by atoms with van der Waals surface area (Å²) in [5.74, 6) is 2.03. The Labute approximate surface area is 119 Å². The minimum Gasteiger partial charge on any atom is -0.497 e. The van der Waals surface area contributed by atoms with Crippen LogP contribution in [-0.2, 0) is 0 Å². The van der Waals surface area contributed by atoms with Gasteiger partial charge >= 0.3 is 0 Å². The molecule has 3 heteroatoms. The maximum absolute atomic E-state index is 6.49. The van der Waals surface area contributed by atoms with Gasteiger partial charge in [-0.3, -0.25) is 0 Å². The topological polar surface area (TPSA) is 44.5 Å². The Morgan fingerprint density at radius 2 is 2.05 bits per heavy atom. The predicted molar refractivity (Wildman–Crippen MR) is 79.3 cm³/mol. The van der Waals surface area contributed by atoms with Crippen molar-refractivity contribution in [2.75, 3.05) is 13.7 Å². The van der Waals surface area contributed by atoms with E-state index in [1.54, 1.807) is 7.11 Å². The summed E-state index contributed by atoms with van der Waals surface area (Å²) in [5, 5.41) is 0. The van der Waals surface area contributed by atoms with E-state index >= 15 is 0 Å². The lowest BCUT2D eigenvalue weighted by Crippen LogP contribution is -2.21. The van der Waals surface area contributed by atoms with Gasteiger partial charge < -0.3 is 15.2 Å². The van der Waals surface area contributed by atoms with Gasteiger partial charge in [0.1, 0.15) is 11.5 Å². The minimum atomic E-state index is -0.0652. The van der Waals surface area contributed by atoms with Gasteiger partial charge in [-0.15, -0.1) is 0 Å². The van der Waals surface area contributed by atoms with Crippen LogP contribution >= 0.6 is 0 Å². The molecular weight excluding hydrogens is 250 g/mol. The van der Waals surface area contributed by atoms with Crippen molar-refractivity contribution in [2.24, 2.45) is 5.73 Å². The Balaban J connectivity index is 1.92. The molecule has 0 aromatic heterocycles. The van der Waals surface area contributed by atoms with Gasteiger partial charge in [0.15, 0.2) is 0 Å². The van der Waals surface area contributed by atoms with Crippen LogP contribution in [0, 0.1) is 6.92 Å². The number of aryl methyl sites for hydroxylation is 1. The molecule has 0 saturated heterocycles. The molecule has 0 fully saturated rings. The van der Waals surface area contributed by atoms with E-state index in [1.807, 2.05) is 30.3 Å². The van der Waals surface area contributed by atoms with Crippen LogP contribution in [0.4, 0.5) is 0 Å². The molecule has 0 radical (unpaired) electrons. The van der Waals surface area contributed by atoms with Crippen LogP contribution in [-0.4, -0.2) is 13.7 Å². The van der Waals surface area contributed by atoms with Crippen LogP contribution in [0.2, 0.25) is 0 Å². The van der Waals surface area contributed by atoms with Gasteiger partial charge in [0.05, 0.1) is 13.7 Å². The van der Waals surface area contributed by atoms with Crippen molar-refractivity contribution in [3.05, 3.63) is 59.2 Å². The Kier molecular flexibility index (Phi) is 3.36. The fraction of sp³-hybridized carbons (Fsp3) is 0.294. The number of para-hydroxylation sites is 1. The predicted octanol–water partition coefficient (Wildman–Crippen LogP) is 3.18. The molecule has 2 aromatic rings. The van der Waals surface area contributed by atoms with Crippen LogP contribution in [0.5, 0.6) is 11.5 Å². The van der Waals surface area contributed by atoms with Crippen molar-refractivity contribution in [3.8, 4) is 11.5 Å². The van der Waals surface area contributed by atoms with E-state index in [1.165, 1.54) is 5.56 Å². The fourth-order valence-corrected chi connectivity index (χ4v) is 2.85. The molecule has 0 bridgehead atoms. The molecule has 2 N–H and O–H groups in total. The number of methoxy groups -OCH3 is 1. The van der Waals surface area contributed by atoms with E-state index in [0.717, 1.165) is 22.6 Å². The number of benzene rings is 2. The van der Waals surface area contributed by atoms with E-state index in [0.29, 0.717) is 6.61 Å². The number of nitrogens with two attached hydrogens (primary N) is 1. The molecule has 0 saturated carbocycles. The summed E-state index contributed by atoms with van der Waals surface area (Å²) in [4.78, 5) is 0. The van der Waals surface area contributed by atoms with Crippen molar-refractivity contribution in [3.63, 3.8) is 0 Å². The average Bonchev–Trinajstić information content (AvgIpc) is 2.90. The number of hydrogen-bond donors (Lipinski definition) is 1. The highest BCUT2D eigenvalue weighted by atomic mass is 16.5. The largest absolute Gasteiger partial charge is 0.497 e. The standard InChI is InChI=1S/C17H19NO2/c1-11-9-12(19-2)7-8-13(11)17(18)15-10-20-16-6-4-3-5-14(15)16/h3-9,15,17H,10,18H2,1-2H3. The first-order valence-corrected chi connectivity index (χ1v) is 6.82. The lowest BCUT2D eigenvalue weighted by Gasteiger charge is -2.21. The molecule has 2 atom stereocenters. The number of ether oxygens (including phenoxy) is 2. The lowest BCUT2D eigenvalue weighted by molar-refractivity contribution is 0.315. The maximum Gasteiger partial charge on any atom is 0.122 e. The summed E-state index contributed by atoms with van der Waals surface area (Å²) in [7, 11) is 1.68. The smallest absolute Gasteiger partial charge is 0.122 e. The SMILES string of the molecule is COc1ccc(C(N)C2COc3ccccc32)c(C)c1. The zero-order valence-corrected chi connectivity index (χ0v) is 11.8. The van der Waals surface area contributed by atoms with E-state index < -0.39 is 0 Å². The zero-order valence-electron chi connectivity index (χ0n) is 11.8. The van der Waals surface area contributed by atoms with Gasteiger partial charge in [0.2, 0.25) is 0 Å². The van der Waals surface area contributed by atoms with Gasteiger partial charge in [-0.25, -0.2) is 0 Å². The summed E-state index contributed by atoms with van der Waals surface area (Å²) in [5.41, 5.74) is 9.99. The second-order valence-electron chi connectivity index (χ2n) is 5.20. The van der Waals surface area contributed by atoms with Crippen molar-refractivity contribution in [1.29, 1.82) is 0 Å². The number of hydrogen-bond acceptors (Lipinski definition) is 3. The Morgan fingerprint density at radius 1 is 1.25 bits per heavy atom. The van der Waals surface area contributed by atoms with E-state index in [2.05, 4.69) is 19.1 Å². The Morgan fingerprint density at radius 3 is 2.80 bits per heavy atom. The van der Waals surface area contributed by atoms with Crippen molar-refractivity contribution < 1.29 is 9.47 Å². The summed E-state index contributed by atoms with van der Waals surface area (Å²) in [6, 6.07) is 14.1. The first kappa shape index (κ1) is 13.0. The van der Waals surface area contributed by atoms with Crippen LogP contribution in [0.3, 0.4) is 0 Å². The maximum atomic E-state index is 6.49. The molecule has 0 spiro atoms. The van der Waals surface area contributed by atoms with Gasteiger partial charge in [-0.05, 0) is 36.2 Å². The van der Waals surface area contributed by atoms with Crippen molar-refractivity contribution in [2.45, 2.75) is 18.9 Å². The zero-order chi connectivity index (χ0) is 14.1. The van der Waals surface area contributed by atoms with Crippen molar-refractivity contribution >= 4 is 0 Å². The van der Waals surface area contributed by atoms with Crippen LogP contribution in [0.15, 0.2) is 42.5 Å². The quantitative estimate of drug-likeness (QED) is 0.930. The molecule has 2 unspecified atom stereocenters. The highest BCUT2D eigenvalue weighted by Crippen LogP contribution is 2.40. The molecule has 0 amide bonds. The third-order valence-electron chi connectivity index (χ3n) is 4.01. The van der Waals surface area contributed by atoms with Gasteiger partial charge in [-0.2, -0.15) is 0 Å². The molecule has 0 aliphatic carbocycles. The summed E-state index contributed by atoms with van der Waals surface area (Å²) in [6.45, 7) is 2.71. The fourth-order valence-electron chi connectivity index (χ4n) is 2.85. The molecule has 3 nitrogen and oxygen atoms in total. The van der Waals surface area contributed by atoms with Gasteiger partial charge in [0.25, 0.3) is 0 Å².